The number of hydrogen-bond acceptors (Lipinski definition) is 3. The highest BCUT2D eigenvalue weighted by atomic mass is 16.3. The molecule has 21 heavy (non-hydrogen) atoms. The molecule has 2 N–H and O–H groups in total. The molecule has 114 valence electrons. The van der Waals surface area contributed by atoms with Crippen molar-refractivity contribution < 1.29 is 14.7 Å². The van der Waals surface area contributed by atoms with E-state index in [0.717, 1.165) is 25.7 Å². The van der Waals surface area contributed by atoms with Crippen molar-refractivity contribution in [3.8, 4) is 0 Å². The van der Waals surface area contributed by atoms with Gasteiger partial charge in [0, 0.05) is 18.3 Å². The molecule has 2 atom stereocenters. The first-order valence-electron chi connectivity index (χ1n) is 7.32. The van der Waals surface area contributed by atoms with Crippen LogP contribution in [-0.2, 0) is 0 Å². The summed E-state index contributed by atoms with van der Waals surface area (Å²) in [6.07, 6.45) is 3.13. The molecule has 5 heteroatoms. The largest absolute Gasteiger partial charge is 0.391 e. The molecular weight excluding hydrogens is 268 g/mol. The van der Waals surface area contributed by atoms with Gasteiger partial charge in [0.25, 0.3) is 0 Å². The van der Waals surface area contributed by atoms with E-state index in [1.165, 1.54) is 6.92 Å². The first-order chi connectivity index (χ1) is 9.99. The highest BCUT2D eigenvalue weighted by Gasteiger charge is 2.29. The first-order valence-corrected chi connectivity index (χ1v) is 7.32. The fourth-order valence-corrected chi connectivity index (χ4v) is 2.72. The zero-order valence-corrected chi connectivity index (χ0v) is 12.5. The van der Waals surface area contributed by atoms with Gasteiger partial charge in [-0.25, -0.2) is 4.79 Å². The Morgan fingerprint density at radius 3 is 2.67 bits per heavy atom. The number of urea groups is 1. The van der Waals surface area contributed by atoms with Gasteiger partial charge in [-0.05, 0) is 31.9 Å². The number of Topliss-reactive ketones (excluding diaryl/α,β-unsaturated/α-hetero) is 1. The lowest BCUT2D eigenvalue weighted by Crippen LogP contribution is -2.47. The number of nitrogens with zero attached hydrogens (tertiary/aromatic N) is 1. The second kappa shape index (κ2) is 6.72. The molecule has 2 unspecified atom stereocenters. The Labute approximate surface area is 125 Å². The number of benzene rings is 1. The highest BCUT2D eigenvalue weighted by Crippen LogP contribution is 2.23. The molecule has 0 spiro atoms. The van der Waals surface area contributed by atoms with E-state index >= 15 is 0 Å². The van der Waals surface area contributed by atoms with Crippen molar-refractivity contribution in [1.29, 1.82) is 0 Å². The number of carbonyl (C=O) groups is 2. The third kappa shape index (κ3) is 3.82. The van der Waals surface area contributed by atoms with E-state index in [0.29, 0.717) is 11.3 Å². The Kier molecular flexibility index (Phi) is 4.96. The molecule has 1 aliphatic rings. The lowest BCUT2D eigenvalue weighted by Gasteiger charge is -2.35. The van der Waals surface area contributed by atoms with Gasteiger partial charge in [-0.15, -0.1) is 0 Å². The van der Waals surface area contributed by atoms with Gasteiger partial charge in [-0.2, -0.15) is 0 Å². The minimum Gasteiger partial charge on any atom is -0.391 e. The van der Waals surface area contributed by atoms with Crippen molar-refractivity contribution in [1.82, 2.24) is 4.90 Å². The van der Waals surface area contributed by atoms with Gasteiger partial charge in [0.2, 0.25) is 0 Å². The molecule has 0 bridgehead atoms. The lowest BCUT2D eigenvalue weighted by atomic mass is 9.92. The Balaban J connectivity index is 2.03. The maximum atomic E-state index is 12.3. The summed E-state index contributed by atoms with van der Waals surface area (Å²) >= 11 is 0. The molecule has 5 nitrogen and oxygen atoms in total. The Hall–Kier alpha value is -1.88. The molecule has 0 aliphatic heterocycles. The predicted molar refractivity (Wildman–Crippen MR) is 81.5 cm³/mol. The number of amides is 2. The molecule has 1 aromatic carbocycles. The topological polar surface area (TPSA) is 69.6 Å². The fourth-order valence-electron chi connectivity index (χ4n) is 2.72. The number of likely N-dealkylation sites (N-methyl/N-ethyl adjacent to an activating group) is 1. The summed E-state index contributed by atoms with van der Waals surface area (Å²) in [5, 5.41) is 12.8. The second-order valence-corrected chi connectivity index (χ2v) is 5.60. The van der Waals surface area contributed by atoms with Gasteiger partial charge in [-0.1, -0.05) is 25.0 Å². The number of ketones is 1. The lowest BCUT2D eigenvalue weighted by molar-refractivity contribution is 0.0494. The van der Waals surface area contributed by atoms with E-state index in [-0.39, 0.29) is 17.9 Å². The number of anilines is 1. The zero-order chi connectivity index (χ0) is 15.4. The summed E-state index contributed by atoms with van der Waals surface area (Å²) < 4.78 is 0. The molecule has 1 saturated carbocycles. The van der Waals surface area contributed by atoms with Gasteiger partial charge in [0.1, 0.15) is 0 Å². The summed E-state index contributed by atoms with van der Waals surface area (Å²) in [6.45, 7) is 1.49. The van der Waals surface area contributed by atoms with Crippen LogP contribution in [0, 0.1) is 0 Å². The van der Waals surface area contributed by atoms with Crippen LogP contribution < -0.4 is 5.32 Å². The van der Waals surface area contributed by atoms with Gasteiger partial charge in [-0.3, -0.25) is 4.79 Å². The van der Waals surface area contributed by atoms with Gasteiger partial charge >= 0.3 is 6.03 Å². The summed E-state index contributed by atoms with van der Waals surface area (Å²) in [5.41, 5.74) is 1.15. The average Bonchev–Trinajstić information content (AvgIpc) is 2.47. The standard InChI is InChI=1S/C16H22N2O3/c1-11(19)12-6-5-7-13(10-12)17-16(21)18(2)14-8-3-4-9-15(14)20/h5-7,10,14-15,20H,3-4,8-9H2,1-2H3,(H,17,21). The summed E-state index contributed by atoms with van der Waals surface area (Å²) in [6, 6.07) is 6.45. The van der Waals surface area contributed by atoms with Crippen molar-refractivity contribution in [2.24, 2.45) is 0 Å². The maximum absolute atomic E-state index is 12.3. The number of aliphatic hydroxyl groups excluding tert-OH is 1. The quantitative estimate of drug-likeness (QED) is 0.841. The maximum Gasteiger partial charge on any atom is 0.321 e. The third-order valence-corrected chi connectivity index (χ3v) is 4.03. The van der Waals surface area contributed by atoms with E-state index in [4.69, 9.17) is 0 Å². The van der Waals surface area contributed by atoms with Crippen LogP contribution in [0.2, 0.25) is 0 Å². The molecule has 0 aromatic heterocycles. The zero-order valence-electron chi connectivity index (χ0n) is 12.5. The normalized spacial score (nSPS) is 21.7. The van der Waals surface area contributed by atoms with Crippen molar-refractivity contribution in [3.63, 3.8) is 0 Å². The van der Waals surface area contributed by atoms with Crippen LogP contribution in [0.15, 0.2) is 24.3 Å². The number of rotatable bonds is 3. The molecule has 1 fully saturated rings. The van der Waals surface area contributed by atoms with E-state index in [1.54, 1.807) is 36.2 Å². The van der Waals surface area contributed by atoms with Crippen LogP contribution in [-0.4, -0.2) is 41.0 Å². The van der Waals surface area contributed by atoms with Crippen LogP contribution in [0.25, 0.3) is 0 Å². The van der Waals surface area contributed by atoms with Gasteiger partial charge in [0.15, 0.2) is 5.78 Å². The van der Waals surface area contributed by atoms with Crippen molar-refractivity contribution >= 4 is 17.5 Å². The first kappa shape index (κ1) is 15.5. The minimum atomic E-state index is -0.460. The van der Waals surface area contributed by atoms with Crippen LogP contribution in [0.3, 0.4) is 0 Å². The van der Waals surface area contributed by atoms with E-state index in [2.05, 4.69) is 5.32 Å². The van der Waals surface area contributed by atoms with Crippen LogP contribution in [0.4, 0.5) is 10.5 Å². The molecule has 1 aromatic rings. The minimum absolute atomic E-state index is 0.0397. The smallest absolute Gasteiger partial charge is 0.321 e. The van der Waals surface area contributed by atoms with Crippen LogP contribution >= 0.6 is 0 Å². The molecule has 0 radical (unpaired) electrons. The van der Waals surface area contributed by atoms with Gasteiger partial charge < -0.3 is 15.3 Å². The number of carbonyl (C=O) groups excluding carboxylic acids is 2. The Morgan fingerprint density at radius 1 is 1.29 bits per heavy atom. The monoisotopic (exact) mass is 290 g/mol. The van der Waals surface area contributed by atoms with E-state index in [9.17, 15) is 14.7 Å². The predicted octanol–water partition coefficient (Wildman–Crippen LogP) is 2.66. The average molecular weight is 290 g/mol. The fraction of sp³-hybridized carbons (Fsp3) is 0.500. The number of hydrogen-bond donors (Lipinski definition) is 2. The van der Waals surface area contributed by atoms with Crippen molar-refractivity contribution in [2.75, 3.05) is 12.4 Å². The van der Waals surface area contributed by atoms with Crippen LogP contribution in [0.1, 0.15) is 43.0 Å². The van der Waals surface area contributed by atoms with E-state index in [1.807, 2.05) is 0 Å². The number of nitrogens with one attached hydrogen (secondary N) is 1. The van der Waals surface area contributed by atoms with Crippen molar-refractivity contribution in [2.45, 2.75) is 44.8 Å². The van der Waals surface area contributed by atoms with Gasteiger partial charge in [0.05, 0.1) is 12.1 Å². The summed E-state index contributed by atoms with van der Waals surface area (Å²) in [7, 11) is 1.70. The molecule has 0 saturated heterocycles. The number of aliphatic hydroxyl groups is 1. The van der Waals surface area contributed by atoms with Crippen LogP contribution in [0.5, 0.6) is 0 Å². The molecule has 1 aliphatic carbocycles. The summed E-state index contributed by atoms with van der Waals surface area (Å²) in [4.78, 5) is 25.2. The molecule has 2 rings (SSSR count). The highest BCUT2D eigenvalue weighted by molar-refractivity contribution is 5.96. The molecule has 2 amide bonds. The third-order valence-electron chi connectivity index (χ3n) is 4.03. The van der Waals surface area contributed by atoms with Crippen molar-refractivity contribution in [3.05, 3.63) is 29.8 Å². The molecule has 0 heterocycles. The SMILES string of the molecule is CC(=O)c1cccc(NC(=O)N(C)C2CCCCC2O)c1. The summed E-state index contributed by atoms with van der Waals surface area (Å²) in [5.74, 6) is -0.0397. The Morgan fingerprint density at radius 2 is 2.00 bits per heavy atom. The Bertz CT molecular complexity index is 530. The second-order valence-electron chi connectivity index (χ2n) is 5.60. The molecular formula is C16H22N2O3. The van der Waals surface area contributed by atoms with E-state index < -0.39 is 6.10 Å².